The second kappa shape index (κ2) is 7.04. The topological polar surface area (TPSA) is 46.5 Å². The van der Waals surface area contributed by atoms with Crippen LogP contribution in [0.25, 0.3) is 0 Å². The molecular formula is C18H20O3. The van der Waals surface area contributed by atoms with E-state index in [1.807, 2.05) is 43.3 Å². The van der Waals surface area contributed by atoms with Crippen LogP contribution in [0.1, 0.15) is 35.4 Å². The molecule has 0 amide bonds. The van der Waals surface area contributed by atoms with E-state index in [1.54, 1.807) is 25.3 Å². The maximum absolute atomic E-state index is 12.3. The Morgan fingerprint density at radius 1 is 1.14 bits per heavy atom. The zero-order chi connectivity index (χ0) is 15.2. The number of carbonyl (C=O) groups is 1. The third-order valence-electron chi connectivity index (χ3n) is 3.56. The lowest BCUT2D eigenvalue weighted by Gasteiger charge is -2.16. The Kier molecular flexibility index (Phi) is 5.12. The van der Waals surface area contributed by atoms with E-state index in [2.05, 4.69) is 0 Å². The molecule has 0 saturated carbocycles. The molecule has 0 aliphatic heterocycles. The summed E-state index contributed by atoms with van der Waals surface area (Å²) >= 11 is 0. The maximum atomic E-state index is 12.3. The summed E-state index contributed by atoms with van der Waals surface area (Å²) in [6.45, 7) is 1.85. The molecule has 3 heteroatoms. The van der Waals surface area contributed by atoms with E-state index in [-0.39, 0.29) is 11.7 Å². The Hall–Kier alpha value is -2.13. The highest BCUT2D eigenvalue weighted by atomic mass is 16.5. The van der Waals surface area contributed by atoms with Crippen molar-refractivity contribution in [1.29, 1.82) is 0 Å². The third kappa shape index (κ3) is 3.92. The lowest BCUT2D eigenvalue weighted by atomic mass is 9.91. The average Bonchev–Trinajstić information content (AvgIpc) is 2.54. The lowest BCUT2D eigenvalue weighted by Crippen LogP contribution is -2.15. The monoisotopic (exact) mass is 284 g/mol. The molecule has 2 aromatic rings. The third-order valence-corrected chi connectivity index (χ3v) is 3.56. The average molecular weight is 284 g/mol. The number of ketones is 1. The lowest BCUT2D eigenvalue weighted by molar-refractivity contribution is 0.0851. The Morgan fingerprint density at radius 2 is 1.86 bits per heavy atom. The highest BCUT2D eigenvalue weighted by Crippen LogP contribution is 2.26. The SMILES string of the molecule is COc1cccc(C(O)CC(C)C(=O)c2ccccc2)c1. The van der Waals surface area contributed by atoms with E-state index in [0.29, 0.717) is 17.7 Å². The van der Waals surface area contributed by atoms with E-state index < -0.39 is 6.10 Å². The van der Waals surface area contributed by atoms with Crippen LogP contribution in [0.2, 0.25) is 0 Å². The molecule has 21 heavy (non-hydrogen) atoms. The largest absolute Gasteiger partial charge is 0.497 e. The smallest absolute Gasteiger partial charge is 0.165 e. The molecule has 1 N–H and O–H groups in total. The van der Waals surface area contributed by atoms with Crippen LogP contribution in [-0.4, -0.2) is 18.0 Å². The van der Waals surface area contributed by atoms with Gasteiger partial charge in [0.2, 0.25) is 0 Å². The van der Waals surface area contributed by atoms with E-state index in [0.717, 1.165) is 5.56 Å². The zero-order valence-corrected chi connectivity index (χ0v) is 12.3. The van der Waals surface area contributed by atoms with Gasteiger partial charge in [0.1, 0.15) is 5.75 Å². The molecular weight excluding hydrogens is 264 g/mol. The summed E-state index contributed by atoms with van der Waals surface area (Å²) in [4.78, 5) is 12.3. The van der Waals surface area contributed by atoms with Gasteiger partial charge >= 0.3 is 0 Å². The van der Waals surface area contributed by atoms with Crippen molar-refractivity contribution >= 4 is 5.78 Å². The number of ether oxygens (including phenoxy) is 1. The standard InChI is InChI=1S/C18H20O3/c1-13(18(20)14-7-4-3-5-8-14)11-17(19)15-9-6-10-16(12-15)21-2/h3-10,12-13,17,19H,11H2,1-2H3. The van der Waals surface area contributed by atoms with Crippen LogP contribution in [0.4, 0.5) is 0 Å². The first-order chi connectivity index (χ1) is 10.1. The van der Waals surface area contributed by atoms with Crippen molar-refractivity contribution in [3.8, 4) is 5.75 Å². The number of hydrogen-bond donors (Lipinski definition) is 1. The van der Waals surface area contributed by atoms with Gasteiger partial charge in [-0.05, 0) is 24.1 Å². The minimum atomic E-state index is -0.678. The molecule has 110 valence electrons. The van der Waals surface area contributed by atoms with Crippen molar-refractivity contribution in [1.82, 2.24) is 0 Å². The van der Waals surface area contributed by atoms with Crippen LogP contribution in [-0.2, 0) is 0 Å². The summed E-state index contributed by atoms with van der Waals surface area (Å²) in [5.41, 5.74) is 1.45. The number of Topliss-reactive ketones (excluding diaryl/α,β-unsaturated/α-hetero) is 1. The predicted octanol–water partition coefficient (Wildman–Crippen LogP) is 3.64. The van der Waals surface area contributed by atoms with E-state index in [9.17, 15) is 9.90 Å². The van der Waals surface area contributed by atoms with Crippen molar-refractivity contribution < 1.29 is 14.6 Å². The van der Waals surface area contributed by atoms with Crippen molar-refractivity contribution in [3.63, 3.8) is 0 Å². The minimum Gasteiger partial charge on any atom is -0.497 e. The number of aliphatic hydroxyl groups excluding tert-OH is 1. The van der Waals surface area contributed by atoms with Gasteiger partial charge in [0.05, 0.1) is 13.2 Å². The zero-order valence-electron chi connectivity index (χ0n) is 12.3. The molecule has 2 rings (SSSR count). The molecule has 0 aromatic heterocycles. The molecule has 2 aromatic carbocycles. The van der Waals surface area contributed by atoms with Crippen LogP contribution in [0.5, 0.6) is 5.75 Å². The molecule has 2 unspecified atom stereocenters. The first-order valence-electron chi connectivity index (χ1n) is 7.03. The predicted molar refractivity (Wildman–Crippen MR) is 82.5 cm³/mol. The fourth-order valence-corrected chi connectivity index (χ4v) is 2.31. The Balaban J connectivity index is 2.04. The van der Waals surface area contributed by atoms with Gasteiger partial charge in [-0.25, -0.2) is 0 Å². The van der Waals surface area contributed by atoms with Crippen LogP contribution in [0, 0.1) is 5.92 Å². The molecule has 3 nitrogen and oxygen atoms in total. The van der Waals surface area contributed by atoms with Crippen molar-refractivity contribution in [2.24, 2.45) is 5.92 Å². The van der Waals surface area contributed by atoms with E-state index in [4.69, 9.17) is 4.74 Å². The highest BCUT2D eigenvalue weighted by molar-refractivity contribution is 5.97. The molecule has 2 atom stereocenters. The maximum Gasteiger partial charge on any atom is 0.165 e. The second-order valence-corrected chi connectivity index (χ2v) is 5.16. The Labute approximate surface area is 125 Å². The second-order valence-electron chi connectivity index (χ2n) is 5.16. The van der Waals surface area contributed by atoms with Crippen LogP contribution in [0.3, 0.4) is 0 Å². The normalized spacial score (nSPS) is 13.5. The summed E-state index contributed by atoms with van der Waals surface area (Å²) in [6.07, 6.45) is -0.288. The fraction of sp³-hybridized carbons (Fsp3) is 0.278. The fourth-order valence-electron chi connectivity index (χ4n) is 2.31. The molecule has 0 bridgehead atoms. The molecule has 0 radical (unpaired) electrons. The molecule has 0 aliphatic carbocycles. The number of rotatable bonds is 6. The number of hydrogen-bond acceptors (Lipinski definition) is 3. The summed E-state index contributed by atoms with van der Waals surface area (Å²) < 4.78 is 5.15. The molecule has 0 saturated heterocycles. The Morgan fingerprint density at radius 3 is 2.52 bits per heavy atom. The number of methoxy groups -OCH3 is 1. The van der Waals surface area contributed by atoms with Crippen LogP contribution in [0.15, 0.2) is 54.6 Å². The minimum absolute atomic E-state index is 0.0533. The van der Waals surface area contributed by atoms with Gasteiger partial charge < -0.3 is 9.84 Å². The summed E-state index contributed by atoms with van der Waals surface area (Å²) in [5, 5.41) is 10.3. The van der Waals surface area contributed by atoms with Gasteiger partial charge in [0.25, 0.3) is 0 Å². The van der Waals surface area contributed by atoms with Gasteiger partial charge in [-0.2, -0.15) is 0 Å². The summed E-state index contributed by atoms with van der Waals surface area (Å²) in [7, 11) is 1.59. The van der Waals surface area contributed by atoms with Gasteiger partial charge in [0, 0.05) is 11.5 Å². The summed E-state index contributed by atoms with van der Waals surface area (Å²) in [5.74, 6) is 0.514. The van der Waals surface area contributed by atoms with Gasteiger partial charge in [0.15, 0.2) is 5.78 Å². The number of benzene rings is 2. The molecule has 0 spiro atoms. The molecule has 0 heterocycles. The Bertz CT molecular complexity index is 592. The summed E-state index contributed by atoms with van der Waals surface area (Å²) in [6, 6.07) is 16.5. The highest BCUT2D eigenvalue weighted by Gasteiger charge is 2.20. The molecule has 0 aliphatic rings. The van der Waals surface area contributed by atoms with E-state index in [1.165, 1.54) is 0 Å². The first kappa shape index (κ1) is 15.3. The number of carbonyl (C=O) groups excluding carboxylic acids is 1. The molecule has 0 fully saturated rings. The van der Waals surface area contributed by atoms with Crippen molar-refractivity contribution in [2.45, 2.75) is 19.4 Å². The van der Waals surface area contributed by atoms with Gasteiger partial charge in [-0.1, -0.05) is 49.4 Å². The van der Waals surface area contributed by atoms with Gasteiger partial charge in [-0.15, -0.1) is 0 Å². The van der Waals surface area contributed by atoms with Crippen LogP contribution >= 0.6 is 0 Å². The first-order valence-corrected chi connectivity index (χ1v) is 7.03. The van der Waals surface area contributed by atoms with Crippen LogP contribution < -0.4 is 4.74 Å². The van der Waals surface area contributed by atoms with Crippen molar-refractivity contribution in [3.05, 3.63) is 65.7 Å². The quantitative estimate of drug-likeness (QED) is 0.824. The van der Waals surface area contributed by atoms with Gasteiger partial charge in [-0.3, -0.25) is 4.79 Å². The van der Waals surface area contributed by atoms with Crippen molar-refractivity contribution in [2.75, 3.05) is 7.11 Å². The van der Waals surface area contributed by atoms with E-state index >= 15 is 0 Å². The number of aliphatic hydroxyl groups is 1.